The Kier molecular flexibility index (Phi) is 5.33. The molecule has 2 N–H and O–H groups in total. The average Bonchev–Trinajstić information content (AvgIpc) is 3.24. The van der Waals surface area contributed by atoms with E-state index in [0.29, 0.717) is 51.4 Å². The topological polar surface area (TPSA) is 107 Å². The first-order valence-corrected chi connectivity index (χ1v) is 8.77. The molecule has 25 heavy (non-hydrogen) atoms. The molecular formula is C16H26N6O3. The van der Waals surface area contributed by atoms with E-state index in [4.69, 9.17) is 10.5 Å². The summed E-state index contributed by atoms with van der Waals surface area (Å²) in [5, 5.41) is 7.85. The molecule has 1 spiro atoms. The number of hydrogen-bond donors (Lipinski definition) is 1. The number of carbonyl (C=O) groups is 2. The van der Waals surface area contributed by atoms with Crippen molar-refractivity contribution < 1.29 is 14.3 Å². The Hall–Kier alpha value is -2.00. The van der Waals surface area contributed by atoms with Gasteiger partial charge in [0.05, 0.1) is 24.8 Å². The Bertz CT molecular complexity index is 633. The molecule has 1 aromatic heterocycles. The van der Waals surface area contributed by atoms with Gasteiger partial charge in [0.25, 0.3) is 5.91 Å². The normalized spacial score (nSPS) is 23.7. The van der Waals surface area contributed by atoms with Gasteiger partial charge in [-0.2, -0.15) is 0 Å². The van der Waals surface area contributed by atoms with Crippen LogP contribution in [0.1, 0.15) is 29.8 Å². The van der Waals surface area contributed by atoms with Crippen molar-refractivity contribution in [2.45, 2.75) is 25.8 Å². The number of hydrogen-bond acceptors (Lipinski definition) is 6. The van der Waals surface area contributed by atoms with E-state index in [1.807, 2.05) is 4.90 Å². The zero-order valence-corrected chi connectivity index (χ0v) is 14.7. The Morgan fingerprint density at radius 3 is 2.96 bits per heavy atom. The van der Waals surface area contributed by atoms with E-state index in [-0.39, 0.29) is 11.8 Å². The Morgan fingerprint density at radius 2 is 2.20 bits per heavy atom. The van der Waals surface area contributed by atoms with Crippen LogP contribution < -0.4 is 5.73 Å². The summed E-state index contributed by atoms with van der Waals surface area (Å²) in [6, 6.07) is 0. The monoisotopic (exact) mass is 350 g/mol. The summed E-state index contributed by atoms with van der Waals surface area (Å²) in [4.78, 5) is 29.2. The summed E-state index contributed by atoms with van der Waals surface area (Å²) in [5.74, 6) is -0.0140. The van der Waals surface area contributed by atoms with Gasteiger partial charge in [-0.3, -0.25) is 14.3 Å². The van der Waals surface area contributed by atoms with Crippen LogP contribution in [0.2, 0.25) is 0 Å². The fourth-order valence-electron chi connectivity index (χ4n) is 3.79. The van der Waals surface area contributed by atoms with Gasteiger partial charge in [-0.15, -0.1) is 5.10 Å². The number of carbonyl (C=O) groups excluding carboxylic acids is 2. The van der Waals surface area contributed by atoms with Crippen molar-refractivity contribution >= 4 is 11.8 Å². The number of nitrogens with two attached hydrogens (primary N) is 1. The number of aromatic nitrogens is 3. The van der Waals surface area contributed by atoms with Crippen molar-refractivity contribution in [3.8, 4) is 0 Å². The quantitative estimate of drug-likeness (QED) is 0.730. The average molecular weight is 350 g/mol. The number of ether oxygens (including phenoxy) is 1. The largest absolute Gasteiger partial charge is 0.383 e. The number of piperidine rings is 1. The third-order valence-corrected chi connectivity index (χ3v) is 5.15. The second-order valence-electron chi connectivity index (χ2n) is 6.80. The second kappa shape index (κ2) is 7.49. The van der Waals surface area contributed by atoms with E-state index >= 15 is 0 Å². The molecule has 2 saturated heterocycles. The van der Waals surface area contributed by atoms with Crippen LogP contribution in [0.3, 0.4) is 0 Å². The minimum absolute atomic E-state index is 0.151. The molecule has 3 rings (SSSR count). The van der Waals surface area contributed by atoms with Gasteiger partial charge in [0.15, 0.2) is 5.69 Å². The third-order valence-electron chi connectivity index (χ3n) is 5.15. The Labute approximate surface area is 147 Å². The van der Waals surface area contributed by atoms with Crippen LogP contribution in [0.4, 0.5) is 0 Å². The number of methoxy groups -OCH3 is 1. The smallest absolute Gasteiger partial charge is 0.276 e. The first kappa shape index (κ1) is 17.8. The maximum atomic E-state index is 12.9. The molecule has 0 saturated carbocycles. The van der Waals surface area contributed by atoms with Gasteiger partial charge in [0, 0.05) is 39.8 Å². The van der Waals surface area contributed by atoms with Crippen LogP contribution >= 0.6 is 0 Å². The minimum Gasteiger partial charge on any atom is -0.383 e. The molecular weight excluding hydrogens is 324 g/mol. The zero-order valence-electron chi connectivity index (χ0n) is 14.7. The van der Waals surface area contributed by atoms with Crippen LogP contribution in [0, 0.1) is 5.41 Å². The molecule has 2 aliphatic heterocycles. The lowest BCUT2D eigenvalue weighted by molar-refractivity contribution is -0.146. The van der Waals surface area contributed by atoms with E-state index in [0.717, 1.165) is 19.4 Å². The van der Waals surface area contributed by atoms with Crippen molar-refractivity contribution in [2.24, 2.45) is 11.1 Å². The molecule has 0 bridgehead atoms. The lowest BCUT2D eigenvalue weighted by Crippen LogP contribution is -2.51. The fourth-order valence-corrected chi connectivity index (χ4v) is 3.79. The highest BCUT2D eigenvalue weighted by molar-refractivity contribution is 5.93. The minimum atomic E-state index is -0.449. The number of nitrogens with zero attached hydrogens (tertiary/aromatic N) is 5. The molecule has 1 unspecified atom stereocenters. The van der Waals surface area contributed by atoms with Crippen LogP contribution in [0.15, 0.2) is 6.20 Å². The third kappa shape index (κ3) is 3.52. The van der Waals surface area contributed by atoms with Crippen molar-refractivity contribution in [1.29, 1.82) is 0 Å². The maximum Gasteiger partial charge on any atom is 0.276 e. The van der Waals surface area contributed by atoms with Crippen molar-refractivity contribution in [3.63, 3.8) is 0 Å². The van der Waals surface area contributed by atoms with Gasteiger partial charge in [-0.25, -0.2) is 0 Å². The number of amides is 2. The van der Waals surface area contributed by atoms with Crippen molar-refractivity contribution in [3.05, 3.63) is 11.9 Å². The van der Waals surface area contributed by atoms with Gasteiger partial charge in [0.1, 0.15) is 0 Å². The fraction of sp³-hybridized carbons (Fsp3) is 0.750. The van der Waals surface area contributed by atoms with Crippen molar-refractivity contribution in [1.82, 2.24) is 24.8 Å². The van der Waals surface area contributed by atoms with Gasteiger partial charge in [0.2, 0.25) is 5.91 Å². The van der Waals surface area contributed by atoms with E-state index in [9.17, 15) is 9.59 Å². The second-order valence-corrected chi connectivity index (χ2v) is 6.80. The molecule has 1 aromatic rings. The lowest BCUT2D eigenvalue weighted by atomic mass is 9.78. The number of rotatable bonds is 6. The summed E-state index contributed by atoms with van der Waals surface area (Å²) >= 11 is 0. The summed E-state index contributed by atoms with van der Waals surface area (Å²) in [6.45, 7) is 3.91. The predicted molar refractivity (Wildman–Crippen MR) is 89.7 cm³/mol. The van der Waals surface area contributed by atoms with E-state index in [2.05, 4.69) is 10.3 Å². The highest BCUT2D eigenvalue weighted by Gasteiger charge is 2.49. The van der Waals surface area contributed by atoms with Crippen LogP contribution in [0.5, 0.6) is 0 Å². The van der Waals surface area contributed by atoms with Gasteiger partial charge in [-0.05, 0) is 19.3 Å². The van der Waals surface area contributed by atoms with E-state index in [1.54, 1.807) is 22.9 Å². The van der Waals surface area contributed by atoms with Crippen LogP contribution in [-0.4, -0.2) is 83.0 Å². The predicted octanol–water partition coefficient (Wildman–Crippen LogP) is -0.662. The molecule has 2 aliphatic rings. The van der Waals surface area contributed by atoms with Gasteiger partial charge < -0.3 is 20.3 Å². The molecule has 2 amide bonds. The molecule has 1 atom stereocenters. The SMILES string of the molecule is COCCN1CCCC2(CCN(C(=O)c3cn(CCN)nn3)C2)C1=O. The van der Waals surface area contributed by atoms with Gasteiger partial charge >= 0.3 is 0 Å². The van der Waals surface area contributed by atoms with Crippen LogP contribution in [-0.2, 0) is 16.1 Å². The highest BCUT2D eigenvalue weighted by atomic mass is 16.5. The van der Waals surface area contributed by atoms with E-state index < -0.39 is 5.41 Å². The summed E-state index contributed by atoms with van der Waals surface area (Å²) in [6.07, 6.45) is 4.12. The van der Waals surface area contributed by atoms with Crippen molar-refractivity contribution in [2.75, 3.05) is 46.4 Å². The summed E-state index contributed by atoms with van der Waals surface area (Å²) in [7, 11) is 1.64. The van der Waals surface area contributed by atoms with Crippen LogP contribution in [0.25, 0.3) is 0 Å². The molecule has 0 aromatic carbocycles. The Morgan fingerprint density at radius 1 is 1.36 bits per heavy atom. The molecule has 9 heteroatoms. The molecule has 138 valence electrons. The highest BCUT2D eigenvalue weighted by Crippen LogP contribution is 2.40. The molecule has 0 radical (unpaired) electrons. The molecule has 3 heterocycles. The zero-order chi connectivity index (χ0) is 17.9. The maximum absolute atomic E-state index is 12.9. The Balaban J connectivity index is 1.67. The summed E-state index contributed by atoms with van der Waals surface area (Å²) < 4.78 is 6.67. The van der Waals surface area contributed by atoms with E-state index in [1.165, 1.54) is 0 Å². The number of likely N-dealkylation sites (tertiary alicyclic amines) is 2. The standard InChI is InChI=1S/C16H26N6O3/c1-25-10-9-20-6-2-3-16(15(20)24)4-7-21(12-16)14(23)13-11-22(8-5-17)19-18-13/h11H,2-10,12,17H2,1H3. The first-order valence-electron chi connectivity index (χ1n) is 8.77. The molecule has 9 nitrogen and oxygen atoms in total. The molecule has 2 fully saturated rings. The lowest BCUT2D eigenvalue weighted by Gasteiger charge is -2.39. The molecule has 0 aliphatic carbocycles. The first-order chi connectivity index (χ1) is 12.1. The summed E-state index contributed by atoms with van der Waals surface area (Å²) in [5.41, 5.74) is 5.35. The van der Waals surface area contributed by atoms with Gasteiger partial charge in [-0.1, -0.05) is 5.21 Å².